The summed E-state index contributed by atoms with van der Waals surface area (Å²) < 4.78 is 0. The number of hydrogen-bond acceptors (Lipinski definition) is 2. The molecule has 0 aliphatic carbocycles. The van der Waals surface area contributed by atoms with Crippen LogP contribution in [-0.4, -0.2) is 11.5 Å². The highest BCUT2D eigenvalue weighted by Gasteiger charge is 2.11. The summed E-state index contributed by atoms with van der Waals surface area (Å²) >= 11 is 0. The molecule has 1 aromatic rings. The first-order valence-corrected chi connectivity index (χ1v) is 6.10. The van der Waals surface area contributed by atoms with Crippen molar-refractivity contribution in [3.8, 4) is 0 Å². The van der Waals surface area contributed by atoms with Gasteiger partial charge in [0, 0.05) is 18.4 Å². The van der Waals surface area contributed by atoms with E-state index >= 15 is 0 Å². The minimum atomic E-state index is 0.385. The fraction of sp³-hybridized carbons (Fsp3) is 0.500. The summed E-state index contributed by atoms with van der Waals surface area (Å²) in [5.41, 5.74) is 2.70. The van der Waals surface area contributed by atoms with Gasteiger partial charge in [-0.3, -0.25) is 4.98 Å². The Morgan fingerprint density at radius 3 is 2.94 bits per heavy atom. The highest BCUT2D eigenvalue weighted by Crippen LogP contribution is 2.21. The van der Waals surface area contributed by atoms with E-state index in [1.165, 1.54) is 11.1 Å². The van der Waals surface area contributed by atoms with Crippen LogP contribution in [0, 0.1) is 0 Å². The summed E-state index contributed by atoms with van der Waals surface area (Å²) in [6, 6.07) is 2.51. The van der Waals surface area contributed by atoms with E-state index < -0.39 is 0 Å². The standard InChI is InChI=1S/C14H22N2/c1-4-7-14(16-9-5-2)13-8-10-15-11-12(13)6-3/h4,8,10-11,14,16H,1,5-7,9H2,2-3H3. The van der Waals surface area contributed by atoms with E-state index in [1.54, 1.807) is 0 Å². The van der Waals surface area contributed by atoms with Gasteiger partial charge in [-0.15, -0.1) is 6.58 Å². The molecule has 0 saturated carbocycles. The van der Waals surface area contributed by atoms with E-state index in [9.17, 15) is 0 Å². The summed E-state index contributed by atoms with van der Waals surface area (Å²) in [7, 11) is 0. The van der Waals surface area contributed by atoms with Crippen LogP contribution in [0.4, 0.5) is 0 Å². The van der Waals surface area contributed by atoms with Crippen molar-refractivity contribution in [2.24, 2.45) is 0 Å². The molecule has 0 radical (unpaired) electrons. The van der Waals surface area contributed by atoms with Crippen LogP contribution in [0.1, 0.15) is 43.9 Å². The SMILES string of the molecule is C=CCC(NCCC)c1ccncc1CC. The molecule has 0 aliphatic heterocycles. The van der Waals surface area contributed by atoms with Gasteiger partial charge in [0.1, 0.15) is 0 Å². The molecule has 1 aromatic heterocycles. The van der Waals surface area contributed by atoms with Gasteiger partial charge in [0.2, 0.25) is 0 Å². The lowest BCUT2D eigenvalue weighted by molar-refractivity contribution is 0.533. The van der Waals surface area contributed by atoms with Crippen molar-refractivity contribution >= 4 is 0 Å². The van der Waals surface area contributed by atoms with Gasteiger partial charge in [-0.2, -0.15) is 0 Å². The van der Waals surface area contributed by atoms with Crippen LogP contribution in [0.5, 0.6) is 0 Å². The number of nitrogens with zero attached hydrogens (tertiary/aromatic N) is 1. The lowest BCUT2D eigenvalue weighted by Gasteiger charge is -2.19. The van der Waals surface area contributed by atoms with Crippen LogP contribution in [-0.2, 0) is 6.42 Å². The van der Waals surface area contributed by atoms with Crippen molar-refractivity contribution in [1.29, 1.82) is 0 Å². The van der Waals surface area contributed by atoms with E-state index in [0.717, 1.165) is 25.8 Å². The fourth-order valence-electron chi connectivity index (χ4n) is 1.88. The van der Waals surface area contributed by atoms with Crippen molar-refractivity contribution in [3.63, 3.8) is 0 Å². The van der Waals surface area contributed by atoms with Gasteiger partial charge in [-0.1, -0.05) is 19.9 Å². The zero-order chi connectivity index (χ0) is 11.8. The van der Waals surface area contributed by atoms with Gasteiger partial charge in [0.05, 0.1) is 0 Å². The number of rotatable bonds is 7. The van der Waals surface area contributed by atoms with Gasteiger partial charge < -0.3 is 5.32 Å². The van der Waals surface area contributed by atoms with Crippen molar-refractivity contribution in [3.05, 3.63) is 42.2 Å². The van der Waals surface area contributed by atoms with Gasteiger partial charge in [0.15, 0.2) is 0 Å². The van der Waals surface area contributed by atoms with Crippen molar-refractivity contribution < 1.29 is 0 Å². The minimum Gasteiger partial charge on any atom is -0.310 e. The zero-order valence-electron chi connectivity index (χ0n) is 10.4. The number of hydrogen-bond donors (Lipinski definition) is 1. The first kappa shape index (κ1) is 12.9. The molecule has 0 aromatic carbocycles. The molecular formula is C14H22N2. The molecule has 1 N–H and O–H groups in total. The predicted molar refractivity (Wildman–Crippen MR) is 69.5 cm³/mol. The topological polar surface area (TPSA) is 24.9 Å². The van der Waals surface area contributed by atoms with E-state index in [1.807, 2.05) is 18.5 Å². The maximum absolute atomic E-state index is 4.19. The lowest BCUT2D eigenvalue weighted by Crippen LogP contribution is -2.22. The second-order valence-corrected chi connectivity index (χ2v) is 3.96. The molecule has 0 fully saturated rings. The Bertz CT molecular complexity index is 320. The predicted octanol–water partition coefficient (Wildman–Crippen LogP) is 3.26. The molecule has 16 heavy (non-hydrogen) atoms. The van der Waals surface area contributed by atoms with E-state index in [4.69, 9.17) is 0 Å². The zero-order valence-corrected chi connectivity index (χ0v) is 10.4. The molecule has 0 spiro atoms. The molecule has 1 atom stereocenters. The number of pyridine rings is 1. The molecule has 0 aliphatic rings. The molecule has 88 valence electrons. The summed E-state index contributed by atoms with van der Waals surface area (Å²) in [5.74, 6) is 0. The highest BCUT2D eigenvalue weighted by atomic mass is 14.9. The molecule has 1 unspecified atom stereocenters. The van der Waals surface area contributed by atoms with Gasteiger partial charge in [-0.05, 0) is 43.0 Å². The Morgan fingerprint density at radius 2 is 2.31 bits per heavy atom. The normalized spacial score (nSPS) is 12.4. The van der Waals surface area contributed by atoms with Crippen molar-refractivity contribution in [1.82, 2.24) is 10.3 Å². The number of aryl methyl sites for hydroxylation is 1. The number of aromatic nitrogens is 1. The Labute approximate surface area is 98.8 Å². The van der Waals surface area contributed by atoms with Gasteiger partial charge in [0.25, 0.3) is 0 Å². The average Bonchev–Trinajstić information content (AvgIpc) is 2.34. The summed E-state index contributed by atoms with van der Waals surface area (Å²) in [4.78, 5) is 4.19. The van der Waals surface area contributed by atoms with Crippen LogP contribution in [0.2, 0.25) is 0 Å². The first-order chi connectivity index (χ1) is 7.83. The van der Waals surface area contributed by atoms with Crippen molar-refractivity contribution in [2.45, 2.75) is 39.2 Å². The van der Waals surface area contributed by atoms with Gasteiger partial charge >= 0.3 is 0 Å². The van der Waals surface area contributed by atoms with E-state index in [0.29, 0.717) is 6.04 Å². The summed E-state index contributed by atoms with van der Waals surface area (Å²) in [6.07, 6.45) is 8.98. The molecule has 0 amide bonds. The molecule has 2 nitrogen and oxygen atoms in total. The smallest absolute Gasteiger partial charge is 0.0358 e. The molecule has 1 heterocycles. The van der Waals surface area contributed by atoms with Crippen LogP contribution in [0.3, 0.4) is 0 Å². The summed E-state index contributed by atoms with van der Waals surface area (Å²) in [5, 5.41) is 3.56. The fourth-order valence-corrected chi connectivity index (χ4v) is 1.88. The molecule has 0 saturated heterocycles. The van der Waals surface area contributed by atoms with E-state index in [-0.39, 0.29) is 0 Å². The average molecular weight is 218 g/mol. The lowest BCUT2D eigenvalue weighted by atomic mass is 9.98. The van der Waals surface area contributed by atoms with Gasteiger partial charge in [-0.25, -0.2) is 0 Å². The van der Waals surface area contributed by atoms with E-state index in [2.05, 4.69) is 36.8 Å². The highest BCUT2D eigenvalue weighted by molar-refractivity contribution is 5.27. The van der Waals surface area contributed by atoms with Crippen LogP contribution < -0.4 is 5.32 Å². The molecule has 1 rings (SSSR count). The Morgan fingerprint density at radius 1 is 1.50 bits per heavy atom. The quantitative estimate of drug-likeness (QED) is 0.711. The second kappa shape index (κ2) is 7.18. The third kappa shape index (κ3) is 3.46. The minimum absolute atomic E-state index is 0.385. The third-order valence-electron chi connectivity index (χ3n) is 2.74. The third-order valence-corrected chi connectivity index (χ3v) is 2.74. The summed E-state index contributed by atoms with van der Waals surface area (Å²) in [6.45, 7) is 9.24. The Kier molecular flexibility index (Phi) is 5.79. The molecular weight excluding hydrogens is 196 g/mol. The maximum atomic E-state index is 4.19. The first-order valence-electron chi connectivity index (χ1n) is 6.10. The van der Waals surface area contributed by atoms with Crippen LogP contribution >= 0.6 is 0 Å². The van der Waals surface area contributed by atoms with Crippen molar-refractivity contribution in [2.75, 3.05) is 6.54 Å². The molecule has 2 heteroatoms. The monoisotopic (exact) mass is 218 g/mol. The van der Waals surface area contributed by atoms with Crippen LogP contribution in [0.15, 0.2) is 31.1 Å². The number of nitrogens with one attached hydrogen (secondary N) is 1. The molecule has 0 bridgehead atoms. The maximum Gasteiger partial charge on any atom is 0.0358 e. The Balaban J connectivity index is 2.85. The Hall–Kier alpha value is -1.15. The van der Waals surface area contributed by atoms with Crippen LogP contribution in [0.25, 0.3) is 0 Å². The second-order valence-electron chi connectivity index (χ2n) is 3.96. The largest absolute Gasteiger partial charge is 0.310 e.